The van der Waals surface area contributed by atoms with Crippen LogP contribution in [0.4, 0.5) is 0 Å². The Hall–Kier alpha value is -3.51. The Labute approximate surface area is 175 Å². The van der Waals surface area contributed by atoms with Crippen LogP contribution in [-0.4, -0.2) is 29.4 Å². The number of benzene rings is 1. The minimum atomic E-state index is -0.528. The monoisotopic (exact) mass is 453 g/mol. The molecule has 0 spiro atoms. The molecule has 0 radical (unpaired) electrons. The number of nitrogens with two attached hydrogens (primary N) is 1. The first kappa shape index (κ1) is 18.8. The Morgan fingerprint density at radius 2 is 1.90 bits per heavy atom. The van der Waals surface area contributed by atoms with Crippen molar-refractivity contribution in [1.82, 2.24) is 15.2 Å². The summed E-state index contributed by atoms with van der Waals surface area (Å²) in [5.74, 6) is 0.898. The van der Waals surface area contributed by atoms with E-state index < -0.39 is 5.92 Å². The molecule has 0 aliphatic carbocycles. The number of nitriles is 1. The first-order chi connectivity index (χ1) is 14.1. The van der Waals surface area contributed by atoms with Gasteiger partial charge in [-0.05, 0) is 29.8 Å². The molecule has 0 saturated heterocycles. The minimum Gasteiger partial charge on any atom is -0.493 e. The summed E-state index contributed by atoms with van der Waals surface area (Å²) in [5.41, 5.74) is 9.38. The SMILES string of the molecule is COc1cc(Br)c([C@H]2C(C#N)=C(N)Oc3n[nH]c(-c4ccncc4)c32)cc1OC. The second-order valence-electron chi connectivity index (χ2n) is 6.21. The highest BCUT2D eigenvalue weighted by Crippen LogP contribution is 2.49. The van der Waals surface area contributed by atoms with Gasteiger partial charge in [-0.2, -0.15) is 5.26 Å². The van der Waals surface area contributed by atoms with Gasteiger partial charge in [0.15, 0.2) is 11.5 Å². The predicted molar refractivity (Wildman–Crippen MR) is 108 cm³/mol. The van der Waals surface area contributed by atoms with Gasteiger partial charge in [-0.15, -0.1) is 5.10 Å². The Morgan fingerprint density at radius 1 is 1.21 bits per heavy atom. The maximum Gasteiger partial charge on any atom is 0.244 e. The van der Waals surface area contributed by atoms with Crippen molar-refractivity contribution in [1.29, 1.82) is 5.26 Å². The summed E-state index contributed by atoms with van der Waals surface area (Å²) in [4.78, 5) is 4.06. The standard InChI is InChI=1S/C20H16BrN5O3/c1-27-14-7-11(13(21)8-15(14)28-2)16-12(9-22)19(23)29-20-17(16)18(25-26-20)10-3-5-24-6-4-10/h3-8,16H,23H2,1-2H3,(H,25,26)/t16-/m0/s1. The first-order valence-electron chi connectivity index (χ1n) is 8.56. The molecule has 8 nitrogen and oxygen atoms in total. The number of pyridine rings is 1. The van der Waals surface area contributed by atoms with Crippen molar-refractivity contribution in [2.24, 2.45) is 5.73 Å². The molecule has 1 aromatic carbocycles. The number of hydrogen-bond acceptors (Lipinski definition) is 7. The van der Waals surface area contributed by atoms with Crippen LogP contribution >= 0.6 is 15.9 Å². The number of aromatic amines is 1. The number of nitrogens with zero attached hydrogens (tertiary/aromatic N) is 3. The molecule has 0 saturated carbocycles. The summed E-state index contributed by atoms with van der Waals surface area (Å²) in [7, 11) is 3.12. The zero-order valence-corrected chi connectivity index (χ0v) is 17.1. The lowest BCUT2D eigenvalue weighted by Crippen LogP contribution is -2.21. The van der Waals surface area contributed by atoms with Gasteiger partial charge in [-0.3, -0.25) is 10.1 Å². The zero-order chi connectivity index (χ0) is 20.5. The molecule has 29 heavy (non-hydrogen) atoms. The van der Waals surface area contributed by atoms with Crippen molar-refractivity contribution in [3.8, 4) is 34.7 Å². The molecule has 0 unspecified atom stereocenters. The predicted octanol–water partition coefficient (Wildman–Crippen LogP) is 3.47. The average molecular weight is 454 g/mol. The number of aromatic nitrogens is 3. The fraction of sp³-hybridized carbons (Fsp3) is 0.150. The van der Waals surface area contributed by atoms with Gasteiger partial charge in [-0.1, -0.05) is 15.9 Å². The van der Waals surface area contributed by atoms with E-state index in [0.29, 0.717) is 28.6 Å². The van der Waals surface area contributed by atoms with Gasteiger partial charge in [0.05, 0.1) is 31.4 Å². The molecule has 1 aliphatic rings. The van der Waals surface area contributed by atoms with Crippen LogP contribution in [-0.2, 0) is 0 Å². The molecule has 1 atom stereocenters. The van der Waals surface area contributed by atoms with Crippen LogP contribution in [0.3, 0.4) is 0 Å². The maximum atomic E-state index is 9.86. The molecule has 3 N–H and O–H groups in total. The molecular weight excluding hydrogens is 438 g/mol. The van der Waals surface area contributed by atoms with Gasteiger partial charge in [0, 0.05) is 22.4 Å². The Kier molecular flexibility index (Phi) is 4.86. The van der Waals surface area contributed by atoms with Crippen molar-refractivity contribution in [2.75, 3.05) is 14.2 Å². The summed E-state index contributed by atoms with van der Waals surface area (Å²) in [6.45, 7) is 0. The number of nitrogens with one attached hydrogen (secondary N) is 1. The van der Waals surface area contributed by atoms with E-state index in [4.69, 9.17) is 19.9 Å². The average Bonchev–Trinajstić information content (AvgIpc) is 3.16. The number of fused-ring (bicyclic) bond motifs is 1. The summed E-state index contributed by atoms with van der Waals surface area (Å²) >= 11 is 3.59. The summed E-state index contributed by atoms with van der Waals surface area (Å²) in [6.07, 6.45) is 3.37. The molecule has 0 bridgehead atoms. The molecule has 2 aromatic heterocycles. The second kappa shape index (κ2) is 7.48. The number of halogens is 1. The van der Waals surface area contributed by atoms with Crippen LogP contribution in [0.25, 0.3) is 11.3 Å². The Balaban J connectivity index is 1.99. The van der Waals surface area contributed by atoms with Crippen molar-refractivity contribution >= 4 is 15.9 Å². The third kappa shape index (κ3) is 3.07. The van der Waals surface area contributed by atoms with E-state index in [9.17, 15) is 5.26 Å². The van der Waals surface area contributed by atoms with E-state index in [0.717, 1.165) is 15.6 Å². The van der Waals surface area contributed by atoms with Gasteiger partial charge in [0.2, 0.25) is 11.8 Å². The van der Waals surface area contributed by atoms with Crippen LogP contribution < -0.4 is 19.9 Å². The molecule has 3 aromatic rings. The number of ether oxygens (including phenoxy) is 3. The molecule has 9 heteroatoms. The summed E-state index contributed by atoms with van der Waals surface area (Å²) < 4.78 is 17.2. The van der Waals surface area contributed by atoms with Gasteiger partial charge in [-0.25, -0.2) is 0 Å². The smallest absolute Gasteiger partial charge is 0.244 e. The fourth-order valence-electron chi connectivity index (χ4n) is 3.39. The summed E-state index contributed by atoms with van der Waals surface area (Å²) in [6, 6.07) is 9.49. The van der Waals surface area contributed by atoms with E-state index in [1.54, 1.807) is 32.7 Å². The van der Waals surface area contributed by atoms with Crippen molar-refractivity contribution < 1.29 is 14.2 Å². The number of methoxy groups -OCH3 is 2. The normalized spacial score (nSPS) is 15.3. The number of H-pyrrole nitrogens is 1. The van der Waals surface area contributed by atoms with Gasteiger partial charge < -0.3 is 19.9 Å². The van der Waals surface area contributed by atoms with E-state index >= 15 is 0 Å². The van der Waals surface area contributed by atoms with Crippen molar-refractivity contribution in [3.63, 3.8) is 0 Å². The lowest BCUT2D eigenvalue weighted by Gasteiger charge is -2.25. The van der Waals surface area contributed by atoms with Crippen LogP contribution in [0, 0.1) is 11.3 Å². The van der Waals surface area contributed by atoms with E-state index in [-0.39, 0.29) is 11.5 Å². The topological polar surface area (TPSA) is 119 Å². The Bertz CT molecular complexity index is 1150. The van der Waals surface area contributed by atoms with E-state index in [2.05, 4.69) is 37.2 Å². The third-order valence-corrected chi connectivity index (χ3v) is 5.41. The number of allylic oxidation sites excluding steroid dienone is 1. The lowest BCUT2D eigenvalue weighted by atomic mass is 9.83. The fourth-order valence-corrected chi connectivity index (χ4v) is 3.94. The van der Waals surface area contributed by atoms with Crippen molar-refractivity contribution in [2.45, 2.75) is 5.92 Å². The highest BCUT2D eigenvalue weighted by molar-refractivity contribution is 9.10. The molecular formula is C20H16BrN5O3. The van der Waals surface area contributed by atoms with Gasteiger partial charge in [0.25, 0.3) is 0 Å². The highest BCUT2D eigenvalue weighted by atomic mass is 79.9. The number of rotatable bonds is 4. The van der Waals surface area contributed by atoms with Crippen LogP contribution in [0.1, 0.15) is 17.0 Å². The number of hydrogen-bond donors (Lipinski definition) is 2. The largest absolute Gasteiger partial charge is 0.493 e. The minimum absolute atomic E-state index is 0.0134. The Morgan fingerprint density at radius 3 is 2.55 bits per heavy atom. The quantitative estimate of drug-likeness (QED) is 0.620. The van der Waals surface area contributed by atoms with E-state index in [1.165, 1.54) is 0 Å². The molecule has 4 rings (SSSR count). The van der Waals surface area contributed by atoms with Gasteiger partial charge in [0.1, 0.15) is 11.6 Å². The third-order valence-electron chi connectivity index (χ3n) is 4.72. The second-order valence-corrected chi connectivity index (χ2v) is 7.06. The maximum absolute atomic E-state index is 9.86. The van der Waals surface area contributed by atoms with Gasteiger partial charge >= 0.3 is 0 Å². The first-order valence-corrected chi connectivity index (χ1v) is 9.36. The lowest BCUT2D eigenvalue weighted by molar-refractivity contribution is 0.353. The molecule has 3 heterocycles. The summed E-state index contributed by atoms with van der Waals surface area (Å²) in [5, 5.41) is 17.1. The zero-order valence-electron chi connectivity index (χ0n) is 15.6. The van der Waals surface area contributed by atoms with Crippen LogP contribution in [0.2, 0.25) is 0 Å². The van der Waals surface area contributed by atoms with Crippen molar-refractivity contribution in [3.05, 3.63) is 63.7 Å². The molecule has 0 amide bonds. The van der Waals surface area contributed by atoms with E-state index in [1.807, 2.05) is 18.2 Å². The molecule has 0 fully saturated rings. The van der Waals surface area contributed by atoms with Crippen LogP contribution in [0.15, 0.2) is 52.6 Å². The van der Waals surface area contributed by atoms with Crippen LogP contribution in [0.5, 0.6) is 17.4 Å². The molecule has 1 aliphatic heterocycles. The highest BCUT2D eigenvalue weighted by Gasteiger charge is 2.37. The molecule has 146 valence electrons.